The second-order valence-electron chi connectivity index (χ2n) is 4.34. The third kappa shape index (κ3) is 2.14. The first-order valence-electron chi connectivity index (χ1n) is 4.83. The molecule has 2 heterocycles. The molecule has 0 amide bonds. The summed E-state index contributed by atoms with van der Waals surface area (Å²) in [5, 5.41) is 12.7. The summed E-state index contributed by atoms with van der Waals surface area (Å²) in [7, 11) is 0. The molecule has 1 aliphatic heterocycles. The van der Waals surface area contributed by atoms with Gasteiger partial charge in [-0.3, -0.25) is 0 Å². The molecule has 0 radical (unpaired) electrons. The summed E-state index contributed by atoms with van der Waals surface area (Å²) >= 11 is 1.64. The van der Waals surface area contributed by atoms with Gasteiger partial charge < -0.3 is 4.84 Å². The van der Waals surface area contributed by atoms with E-state index >= 15 is 0 Å². The van der Waals surface area contributed by atoms with Gasteiger partial charge in [-0.05, 0) is 0 Å². The second-order valence-corrected chi connectivity index (χ2v) is 5.40. The molecule has 0 atom stereocenters. The Morgan fingerprint density at radius 3 is 2.87 bits per heavy atom. The van der Waals surface area contributed by atoms with Crippen LogP contribution < -0.4 is 0 Å². The molecule has 0 spiro atoms. The Morgan fingerprint density at radius 1 is 1.47 bits per heavy atom. The van der Waals surface area contributed by atoms with Crippen LogP contribution in [0.25, 0.3) is 0 Å². The molecule has 0 saturated heterocycles. The van der Waals surface area contributed by atoms with Crippen LogP contribution in [0.2, 0.25) is 0 Å². The quantitative estimate of drug-likeness (QED) is 0.672. The number of hydrogen-bond acceptors (Lipinski definition) is 5. The minimum Gasteiger partial charge on any atom is -0.393 e. The zero-order valence-corrected chi connectivity index (χ0v) is 9.91. The highest BCUT2D eigenvalue weighted by atomic mass is 32.2. The molecule has 82 valence electrons. The van der Waals surface area contributed by atoms with E-state index in [-0.39, 0.29) is 5.41 Å². The minimum atomic E-state index is 0.00400. The van der Waals surface area contributed by atoms with E-state index in [2.05, 4.69) is 36.2 Å². The topological polar surface area (TPSA) is 52.3 Å². The molecule has 1 aliphatic rings. The molecule has 0 N–H and O–H groups in total. The summed E-state index contributed by atoms with van der Waals surface area (Å²) in [5.74, 6) is 0.905. The van der Waals surface area contributed by atoms with Crippen LogP contribution in [0.15, 0.2) is 11.4 Å². The van der Waals surface area contributed by atoms with Gasteiger partial charge >= 0.3 is 0 Å². The molecule has 0 bridgehead atoms. The van der Waals surface area contributed by atoms with E-state index in [1.807, 2.05) is 0 Å². The first kappa shape index (κ1) is 10.5. The van der Waals surface area contributed by atoms with E-state index in [0.717, 1.165) is 16.6 Å². The number of aromatic nitrogens is 3. The highest BCUT2D eigenvalue weighted by molar-refractivity contribution is 8.13. The molecule has 15 heavy (non-hydrogen) atoms. The van der Waals surface area contributed by atoms with Crippen LogP contribution >= 0.6 is 11.8 Å². The maximum absolute atomic E-state index is 5.05. The number of oxime groups is 1. The molecular formula is C9H14N4OS. The Labute approximate surface area is 92.9 Å². The van der Waals surface area contributed by atoms with Gasteiger partial charge in [-0.1, -0.05) is 42.9 Å². The van der Waals surface area contributed by atoms with Crippen LogP contribution in [0.4, 0.5) is 0 Å². The zero-order valence-electron chi connectivity index (χ0n) is 9.10. The zero-order chi connectivity index (χ0) is 10.9. The van der Waals surface area contributed by atoms with E-state index in [0.29, 0.717) is 6.61 Å². The second kappa shape index (κ2) is 3.84. The van der Waals surface area contributed by atoms with E-state index in [1.165, 1.54) is 0 Å². The molecule has 0 fully saturated rings. The van der Waals surface area contributed by atoms with E-state index in [1.54, 1.807) is 22.6 Å². The Hall–Kier alpha value is -1.04. The van der Waals surface area contributed by atoms with Crippen molar-refractivity contribution in [1.29, 1.82) is 0 Å². The fourth-order valence-electron chi connectivity index (χ4n) is 1.28. The molecule has 0 aliphatic carbocycles. The molecule has 5 nitrogen and oxygen atoms in total. The molecular weight excluding hydrogens is 212 g/mol. The average Bonchev–Trinajstić information content (AvgIpc) is 2.67. The van der Waals surface area contributed by atoms with Crippen molar-refractivity contribution in [2.45, 2.75) is 26.2 Å². The summed E-state index contributed by atoms with van der Waals surface area (Å²) in [4.78, 5) is 5.05. The van der Waals surface area contributed by atoms with Gasteiger partial charge in [-0.15, -0.1) is 5.10 Å². The Balaban J connectivity index is 2.36. The first-order valence-corrected chi connectivity index (χ1v) is 5.82. The number of rotatable bonds is 0. The lowest BCUT2D eigenvalue weighted by molar-refractivity contribution is 0.158. The lowest BCUT2D eigenvalue weighted by Crippen LogP contribution is -2.24. The normalized spacial score (nSPS) is 17.1. The summed E-state index contributed by atoms with van der Waals surface area (Å²) in [6, 6.07) is 0. The van der Waals surface area contributed by atoms with Crippen molar-refractivity contribution in [1.82, 2.24) is 15.0 Å². The number of nitrogens with zero attached hydrogens (tertiary/aromatic N) is 4. The number of hydrogen-bond donors (Lipinski definition) is 0. The van der Waals surface area contributed by atoms with Crippen molar-refractivity contribution in [3.05, 3.63) is 11.9 Å². The van der Waals surface area contributed by atoms with Crippen molar-refractivity contribution in [3.63, 3.8) is 0 Å². The van der Waals surface area contributed by atoms with Crippen LogP contribution in [-0.4, -0.2) is 32.5 Å². The third-order valence-corrected chi connectivity index (χ3v) is 2.92. The van der Waals surface area contributed by atoms with Crippen LogP contribution in [0, 0.1) is 0 Å². The van der Waals surface area contributed by atoms with Crippen LogP contribution in [0.1, 0.15) is 26.5 Å². The molecule has 0 unspecified atom stereocenters. The predicted octanol–water partition coefficient (Wildman–Crippen LogP) is 1.46. The smallest absolute Gasteiger partial charge is 0.229 e. The monoisotopic (exact) mass is 226 g/mol. The maximum Gasteiger partial charge on any atom is 0.229 e. The third-order valence-electron chi connectivity index (χ3n) is 2.05. The van der Waals surface area contributed by atoms with Crippen molar-refractivity contribution in [3.8, 4) is 0 Å². The first-order chi connectivity index (χ1) is 7.09. The molecule has 0 aromatic carbocycles. The van der Waals surface area contributed by atoms with Crippen LogP contribution in [-0.2, 0) is 10.3 Å². The maximum atomic E-state index is 5.05. The lowest BCUT2D eigenvalue weighted by Gasteiger charge is -2.20. The molecule has 2 rings (SSSR count). The van der Waals surface area contributed by atoms with Crippen molar-refractivity contribution < 1.29 is 4.84 Å². The molecule has 6 heteroatoms. The summed E-state index contributed by atoms with van der Waals surface area (Å²) in [6.45, 7) is 7.03. The average molecular weight is 226 g/mol. The standard InChI is InChI=1S/C9H14N4OS/c1-9(2,3)7-6-10-12-13(7)8-11-14-4-5-15-8/h6H,4-5H2,1-3H3. The van der Waals surface area contributed by atoms with Gasteiger partial charge in [0.25, 0.3) is 0 Å². The highest BCUT2D eigenvalue weighted by Crippen LogP contribution is 2.23. The molecule has 1 aromatic heterocycles. The van der Waals surface area contributed by atoms with Gasteiger partial charge in [0.1, 0.15) is 6.61 Å². The van der Waals surface area contributed by atoms with E-state index < -0.39 is 0 Å². The Morgan fingerprint density at radius 2 is 2.27 bits per heavy atom. The number of thioether (sulfide) groups is 1. The van der Waals surface area contributed by atoms with Crippen molar-refractivity contribution in [2.24, 2.45) is 5.16 Å². The largest absolute Gasteiger partial charge is 0.393 e. The Bertz CT molecular complexity index is 380. The summed E-state index contributed by atoms with van der Waals surface area (Å²) < 4.78 is 1.75. The van der Waals surface area contributed by atoms with Gasteiger partial charge in [-0.2, -0.15) is 4.68 Å². The van der Waals surface area contributed by atoms with Crippen molar-refractivity contribution >= 4 is 16.9 Å². The summed E-state index contributed by atoms with van der Waals surface area (Å²) in [6.07, 6.45) is 1.78. The summed E-state index contributed by atoms with van der Waals surface area (Å²) in [5.41, 5.74) is 1.04. The molecule has 0 saturated carbocycles. The fourth-order valence-corrected chi connectivity index (χ4v) is 1.99. The fraction of sp³-hybridized carbons (Fsp3) is 0.667. The lowest BCUT2D eigenvalue weighted by atomic mass is 9.93. The highest BCUT2D eigenvalue weighted by Gasteiger charge is 2.23. The van der Waals surface area contributed by atoms with Crippen LogP contribution in [0.5, 0.6) is 0 Å². The van der Waals surface area contributed by atoms with Gasteiger partial charge in [-0.25, -0.2) is 0 Å². The molecule has 1 aromatic rings. The van der Waals surface area contributed by atoms with Crippen molar-refractivity contribution in [2.75, 3.05) is 12.4 Å². The van der Waals surface area contributed by atoms with Gasteiger partial charge in [0.2, 0.25) is 5.17 Å². The Kier molecular flexibility index (Phi) is 2.68. The SMILES string of the molecule is CC(C)(C)c1cnnn1C1=NOCCS1. The minimum absolute atomic E-state index is 0.00400. The predicted molar refractivity (Wildman–Crippen MR) is 60.0 cm³/mol. The van der Waals surface area contributed by atoms with Crippen LogP contribution in [0.3, 0.4) is 0 Å². The van der Waals surface area contributed by atoms with Gasteiger partial charge in [0.05, 0.1) is 11.9 Å². The van der Waals surface area contributed by atoms with Gasteiger partial charge in [0, 0.05) is 11.2 Å². The van der Waals surface area contributed by atoms with Gasteiger partial charge in [0.15, 0.2) is 0 Å². The van der Waals surface area contributed by atoms with E-state index in [4.69, 9.17) is 4.84 Å². The van der Waals surface area contributed by atoms with E-state index in [9.17, 15) is 0 Å².